The lowest BCUT2D eigenvalue weighted by Crippen LogP contribution is -2.23. The molecule has 0 aliphatic carbocycles. The number of rotatable bonds is 6. The predicted molar refractivity (Wildman–Crippen MR) is 64.8 cm³/mol. The molecule has 0 unspecified atom stereocenters. The molecule has 86 valence electrons. The van der Waals surface area contributed by atoms with E-state index in [4.69, 9.17) is 4.74 Å². The summed E-state index contributed by atoms with van der Waals surface area (Å²) in [4.78, 5) is 11.6. The molecule has 0 atom stereocenters. The molecule has 3 heteroatoms. The molecule has 0 heterocycles. The smallest absolute Gasteiger partial charge is 0.251 e. The summed E-state index contributed by atoms with van der Waals surface area (Å²) < 4.78 is 5.32. The van der Waals surface area contributed by atoms with Gasteiger partial charge in [-0.1, -0.05) is 19.6 Å². The molecule has 0 fully saturated rings. The number of nitrogens with one attached hydrogen (secondary N) is 1. The van der Waals surface area contributed by atoms with Crippen LogP contribution in [0.5, 0.6) is 5.75 Å². The van der Waals surface area contributed by atoms with Crippen molar-refractivity contribution in [1.29, 1.82) is 0 Å². The molecular formula is C13H17NO2. The molecule has 0 aromatic heterocycles. The molecule has 1 aromatic carbocycles. The van der Waals surface area contributed by atoms with Crippen molar-refractivity contribution in [1.82, 2.24) is 5.32 Å². The molecule has 1 N–H and O–H groups in total. The van der Waals surface area contributed by atoms with E-state index in [0.717, 1.165) is 12.2 Å². The normalized spacial score (nSPS) is 9.56. The van der Waals surface area contributed by atoms with Gasteiger partial charge in [0.1, 0.15) is 12.4 Å². The highest BCUT2D eigenvalue weighted by Crippen LogP contribution is 2.11. The van der Waals surface area contributed by atoms with Crippen LogP contribution >= 0.6 is 0 Å². The van der Waals surface area contributed by atoms with Crippen molar-refractivity contribution in [2.45, 2.75) is 13.3 Å². The lowest BCUT2D eigenvalue weighted by atomic mass is 10.2. The standard InChI is InChI=1S/C13H17NO2/c1-3-9-14-13(15)11-5-7-12(8-6-11)16-10-4-2/h4-8H,2-3,9-10H2,1H3,(H,14,15). The number of ether oxygens (including phenoxy) is 1. The van der Waals surface area contributed by atoms with Gasteiger partial charge >= 0.3 is 0 Å². The zero-order valence-corrected chi connectivity index (χ0v) is 9.53. The molecule has 0 aliphatic rings. The Labute approximate surface area is 96.1 Å². The Kier molecular flexibility index (Phi) is 5.12. The summed E-state index contributed by atoms with van der Waals surface area (Å²) in [5.74, 6) is 0.698. The van der Waals surface area contributed by atoms with Gasteiger partial charge in [-0.3, -0.25) is 4.79 Å². The fourth-order valence-corrected chi connectivity index (χ4v) is 1.20. The van der Waals surface area contributed by atoms with Crippen LogP contribution in [0.1, 0.15) is 23.7 Å². The zero-order chi connectivity index (χ0) is 11.8. The second-order valence-corrected chi connectivity index (χ2v) is 3.38. The molecule has 0 saturated carbocycles. The number of amides is 1. The van der Waals surface area contributed by atoms with Crippen molar-refractivity contribution >= 4 is 5.91 Å². The Hall–Kier alpha value is -1.77. The summed E-state index contributed by atoms with van der Waals surface area (Å²) >= 11 is 0. The molecule has 0 bridgehead atoms. The molecule has 1 rings (SSSR count). The predicted octanol–water partition coefficient (Wildman–Crippen LogP) is 2.39. The number of carbonyl (C=O) groups excluding carboxylic acids is 1. The second-order valence-electron chi connectivity index (χ2n) is 3.38. The molecule has 3 nitrogen and oxygen atoms in total. The summed E-state index contributed by atoms with van der Waals surface area (Å²) in [6.45, 7) is 6.76. The van der Waals surface area contributed by atoms with Gasteiger partial charge in [0.25, 0.3) is 5.91 Å². The highest BCUT2D eigenvalue weighted by atomic mass is 16.5. The van der Waals surface area contributed by atoms with Crippen LogP contribution < -0.4 is 10.1 Å². The first-order valence-corrected chi connectivity index (χ1v) is 5.40. The molecular weight excluding hydrogens is 202 g/mol. The molecule has 1 aromatic rings. The highest BCUT2D eigenvalue weighted by Gasteiger charge is 2.03. The minimum absolute atomic E-state index is 0.0443. The maximum Gasteiger partial charge on any atom is 0.251 e. The summed E-state index contributed by atoms with van der Waals surface area (Å²) in [5, 5.41) is 2.82. The lowest BCUT2D eigenvalue weighted by Gasteiger charge is -2.05. The zero-order valence-electron chi connectivity index (χ0n) is 9.53. The van der Waals surface area contributed by atoms with Crippen LogP contribution in [0.3, 0.4) is 0 Å². The Bertz CT molecular complexity index is 343. The average molecular weight is 219 g/mol. The fourth-order valence-electron chi connectivity index (χ4n) is 1.20. The van der Waals surface area contributed by atoms with Crippen molar-refractivity contribution in [3.05, 3.63) is 42.5 Å². The molecule has 0 radical (unpaired) electrons. The van der Waals surface area contributed by atoms with Crippen molar-refractivity contribution in [2.75, 3.05) is 13.2 Å². The van der Waals surface area contributed by atoms with Gasteiger partial charge < -0.3 is 10.1 Å². The first-order chi connectivity index (χ1) is 7.77. The van der Waals surface area contributed by atoms with Crippen LogP contribution in [0, 0.1) is 0 Å². The van der Waals surface area contributed by atoms with Crippen LogP contribution in [0.4, 0.5) is 0 Å². The number of hydrogen-bond donors (Lipinski definition) is 1. The van der Waals surface area contributed by atoms with Gasteiger partial charge in [-0.25, -0.2) is 0 Å². The monoisotopic (exact) mass is 219 g/mol. The third kappa shape index (κ3) is 3.77. The minimum Gasteiger partial charge on any atom is -0.490 e. The summed E-state index contributed by atoms with van der Waals surface area (Å²) in [5.41, 5.74) is 0.652. The van der Waals surface area contributed by atoms with Gasteiger partial charge in [0.2, 0.25) is 0 Å². The Morgan fingerprint density at radius 2 is 2.12 bits per heavy atom. The van der Waals surface area contributed by atoms with Crippen LogP contribution in [0.2, 0.25) is 0 Å². The van der Waals surface area contributed by atoms with E-state index in [0.29, 0.717) is 18.7 Å². The van der Waals surface area contributed by atoms with Crippen molar-refractivity contribution in [2.24, 2.45) is 0 Å². The van der Waals surface area contributed by atoms with E-state index in [2.05, 4.69) is 11.9 Å². The third-order valence-electron chi connectivity index (χ3n) is 2.02. The quantitative estimate of drug-likeness (QED) is 0.746. The Balaban J connectivity index is 2.56. The Morgan fingerprint density at radius 1 is 1.44 bits per heavy atom. The van der Waals surface area contributed by atoms with E-state index in [1.807, 2.05) is 6.92 Å². The van der Waals surface area contributed by atoms with E-state index in [9.17, 15) is 4.79 Å². The van der Waals surface area contributed by atoms with Gasteiger partial charge in [-0.2, -0.15) is 0 Å². The van der Waals surface area contributed by atoms with E-state index >= 15 is 0 Å². The minimum atomic E-state index is -0.0443. The van der Waals surface area contributed by atoms with Gasteiger partial charge in [0, 0.05) is 12.1 Å². The van der Waals surface area contributed by atoms with Crippen molar-refractivity contribution < 1.29 is 9.53 Å². The van der Waals surface area contributed by atoms with Gasteiger partial charge in [0.05, 0.1) is 0 Å². The molecule has 16 heavy (non-hydrogen) atoms. The molecule has 1 amide bonds. The number of hydrogen-bond acceptors (Lipinski definition) is 2. The summed E-state index contributed by atoms with van der Waals surface area (Å²) in [6, 6.07) is 7.07. The summed E-state index contributed by atoms with van der Waals surface area (Å²) in [6.07, 6.45) is 2.62. The maximum atomic E-state index is 11.6. The first-order valence-electron chi connectivity index (χ1n) is 5.40. The van der Waals surface area contributed by atoms with Gasteiger partial charge in [-0.05, 0) is 30.7 Å². The van der Waals surface area contributed by atoms with E-state index in [1.165, 1.54) is 0 Å². The third-order valence-corrected chi connectivity index (χ3v) is 2.02. The topological polar surface area (TPSA) is 38.3 Å². The molecule has 0 saturated heterocycles. The SMILES string of the molecule is C=CCOc1ccc(C(=O)NCCC)cc1. The average Bonchev–Trinajstić information content (AvgIpc) is 2.34. The van der Waals surface area contributed by atoms with Crippen LogP contribution in [0.25, 0.3) is 0 Å². The van der Waals surface area contributed by atoms with Crippen LogP contribution in [-0.2, 0) is 0 Å². The molecule has 0 spiro atoms. The Morgan fingerprint density at radius 3 is 2.69 bits per heavy atom. The van der Waals surface area contributed by atoms with Crippen molar-refractivity contribution in [3.8, 4) is 5.75 Å². The lowest BCUT2D eigenvalue weighted by molar-refractivity contribution is 0.0953. The highest BCUT2D eigenvalue weighted by molar-refractivity contribution is 5.94. The van der Waals surface area contributed by atoms with E-state index < -0.39 is 0 Å². The van der Waals surface area contributed by atoms with E-state index in [-0.39, 0.29) is 5.91 Å². The number of carbonyl (C=O) groups is 1. The first kappa shape index (κ1) is 12.3. The van der Waals surface area contributed by atoms with E-state index in [1.54, 1.807) is 30.3 Å². The van der Waals surface area contributed by atoms with Gasteiger partial charge in [0.15, 0.2) is 0 Å². The fraction of sp³-hybridized carbons (Fsp3) is 0.308. The summed E-state index contributed by atoms with van der Waals surface area (Å²) in [7, 11) is 0. The second kappa shape index (κ2) is 6.67. The maximum absolute atomic E-state index is 11.6. The van der Waals surface area contributed by atoms with Crippen LogP contribution in [-0.4, -0.2) is 19.1 Å². The van der Waals surface area contributed by atoms with Gasteiger partial charge in [-0.15, -0.1) is 0 Å². The largest absolute Gasteiger partial charge is 0.490 e. The van der Waals surface area contributed by atoms with Crippen molar-refractivity contribution in [3.63, 3.8) is 0 Å². The molecule has 0 aliphatic heterocycles. The number of benzene rings is 1. The van der Waals surface area contributed by atoms with Crippen LogP contribution in [0.15, 0.2) is 36.9 Å².